The molecule has 1 fully saturated rings. The van der Waals surface area contributed by atoms with E-state index in [4.69, 9.17) is 4.55 Å². The molecule has 1 aromatic rings. The van der Waals surface area contributed by atoms with Crippen LogP contribution in [0.3, 0.4) is 0 Å². The lowest BCUT2D eigenvalue weighted by Crippen LogP contribution is -2.39. The summed E-state index contributed by atoms with van der Waals surface area (Å²) in [4.78, 5) is 11.2. The first-order chi connectivity index (χ1) is 11.1. The second-order valence-electron chi connectivity index (χ2n) is 6.22. The van der Waals surface area contributed by atoms with Crippen LogP contribution in [0, 0.1) is 12.8 Å². The molecule has 0 bridgehead atoms. The lowest BCUT2D eigenvalue weighted by Gasteiger charge is -2.28. The van der Waals surface area contributed by atoms with Crippen molar-refractivity contribution in [2.45, 2.75) is 43.8 Å². The number of aryl methyl sites for hydroxylation is 1. The lowest BCUT2D eigenvalue weighted by atomic mass is 9.79. The molecule has 5 nitrogen and oxygen atoms in total. The summed E-state index contributed by atoms with van der Waals surface area (Å²) in [5.41, 5.74) is 2.41. The standard InChI is InChI=1S/C16H20F2O5S/c1-11-2-6-13(7-3-11)14-8-4-12(5-9-14)10-23-15(19)16(17,18)24(20,21)22/h2-3,6-7,12,14H,4-5,8-10H2,1H3,(H,20,21,22). The number of halogens is 2. The molecule has 0 aliphatic heterocycles. The summed E-state index contributed by atoms with van der Waals surface area (Å²) in [6.45, 7) is 1.74. The van der Waals surface area contributed by atoms with Crippen molar-refractivity contribution in [3.63, 3.8) is 0 Å². The molecular formula is C16H20F2O5S. The van der Waals surface area contributed by atoms with Gasteiger partial charge in [0.25, 0.3) is 0 Å². The highest BCUT2D eigenvalue weighted by molar-refractivity contribution is 7.87. The molecule has 0 saturated heterocycles. The molecule has 0 heterocycles. The summed E-state index contributed by atoms with van der Waals surface area (Å²) >= 11 is 0. The molecular weight excluding hydrogens is 342 g/mol. The van der Waals surface area contributed by atoms with Crippen molar-refractivity contribution >= 4 is 16.1 Å². The normalized spacial score (nSPS) is 22.2. The molecule has 1 N–H and O–H groups in total. The molecule has 2 rings (SSSR count). The van der Waals surface area contributed by atoms with Crippen LogP contribution in [0.1, 0.15) is 42.7 Å². The summed E-state index contributed by atoms with van der Waals surface area (Å²) in [5, 5.41) is -4.92. The minimum absolute atomic E-state index is 0.0900. The monoisotopic (exact) mass is 362 g/mol. The van der Waals surface area contributed by atoms with Crippen LogP contribution < -0.4 is 0 Å². The van der Waals surface area contributed by atoms with E-state index in [1.807, 2.05) is 19.1 Å². The zero-order valence-corrected chi connectivity index (χ0v) is 14.1. The van der Waals surface area contributed by atoms with E-state index in [1.54, 1.807) is 0 Å². The number of carbonyl (C=O) groups excluding carboxylic acids is 1. The number of hydrogen-bond donors (Lipinski definition) is 1. The summed E-state index contributed by atoms with van der Waals surface area (Å²) < 4.78 is 59.9. The fourth-order valence-corrected chi connectivity index (χ4v) is 3.15. The molecule has 1 aromatic carbocycles. The molecule has 0 atom stereocenters. The van der Waals surface area contributed by atoms with E-state index in [1.165, 1.54) is 11.1 Å². The number of hydrogen-bond acceptors (Lipinski definition) is 4. The Morgan fingerprint density at radius 3 is 2.25 bits per heavy atom. The molecule has 1 aliphatic rings. The summed E-state index contributed by atoms with van der Waals surface area (Å²) in [5.74, 6) is -1.93. The molecule has 24 heavy (non-hydrogen) atoms. The molecule has 0 aromatic heterocycles. The van der Waals surface area contributed by atoms with Gasteiger partial charge in [-0.2, -0.15) is 17.2 Å². The third kappa shape index (κ3) is 4.30. The maximum Gasteiger partial charge on any atom is 0.465 e. The van der Waals surface area contributed by atoms with Gasteiger partial charge in [0.05, 0.1) is 6.61 Å². The second kappa shape index (κ2) is 7.14. The predicted molar refractivity (Wildman–Crippen MR) is 83.3 cm³/mol. The number of alkyl halides is 2. The van der Waals surface area contributed by atoms with E-state index >= 15 is 0 Å². The number of ether oxygens (including phenoxy) is 1. The van der Waals surface area contributed by atoms with Crippen LogP contribution in [0.2, 0.25) is 0 Å². The highest BCUT2D eigenvalue weighted by Crippen LogP contribution is 2.36. The first kappa shape index (κ1) is 18.8. The Balaban J connectivity index is 1.83. The van der Waals surface area contributed by atoms with E-state index in [9.17, 15) is 22.0 Å². The largest absolute Gasteiger partial charge is 0.465 e. The Kier molecular flexibility index (Phi) is 5.59. The summed E-state index contributed by atoms with van der Waals surface area (Å²) in [7, 11) is -5.81. The quantitative estimate of drug-likeness (QED) is 0.642. The molecule has 0 spiro atoms. The predicted octanol–water partition coefficient (Wildman–Crippen LogP) is 3.29. The average molecular weight is 362 g/mol. The Labute approximate surface area is 139 Å². The zero-order chi connectivity index (χ0) is 18.0. The highest BCUT2D eigenvalue weighted by Gasteiger charge is 2.54. The highest BCUT2D eigenvalue weighted by atomic mass is 32.2. The van der Waals surface area contributed by atoms with Crippen LogP contribution in [-0.4, -0.2) is 30.8 Å². The van der Waals surface area contributed by atoms with Gasteiger partial charge in [0.2, 0.25) is 0 Å². The fraction of sp³-hybridized carbons (Fsp3) is 0.562. The van der Waals surface area contributed by atoms with Crippen LogP contribution in [0.15, 0.2) is 24.3 Å². The molecule has 1 saturated carbocycles. The van der Waals surface area contributed by atoms with Crippen LogP contribution >= 0.6 is 0 Å². The molecule has 134 valence electrons. The van der Waals surface area contributed by atoms with Gasteiger partial charge in [-0.1, -0.05) is 29.8 Å². The van der Waals surface area contributed by atoms with E-state index in [0.29, 0.717) is 18.8 Å². The number of carbonyl (C=O) groups is 1. The van der Waals surface area contributed by atoms with Crippen molar-refractivity contribution in [2.75, 3.05) is 6.61 Å². The van der Waals surface area contributed by atoms with Crippen molar-refractivity contribution in [2.24, 2.45) is 5.92 Å². The van der Waals surface area contributed by atoms with Gasteiger partial charge in [0.1, 0.15) is 0 Å². The number of esters is 1. The van der Waals surface area contributed by atoms with E-state index in [-0.39, 0.29) is 12.5 Å². The molecule has 1 aliphatic carbocycles. The Bertz CT molecular complexity index is 677. The maximum atomic E-state index is 13.1. The second-order valence-corrected chi connectivity index (χ2v) is 7.68. The van der Waals surface area contributed by atoms with Crippen LogP contribution in [0.25, 0.3) is 0 Å². The Hall–Kier alpha value is -1.54. The average Bonchev–Trinajstić information content (AvgIpc) is 2.52. The van der Waals surface area contributed by atoms with Gasteiger partial charge in [-0.15, -0.1) is 0 Å². The molecule has 8 heteroatoms. The SMILES string of the molecule is Cc1ccc(C2CCC(COC(=O)C(F)(F)S(=O)(=O)O)CC2)cc1. The molecule has 0 radical (unpaired) electrons. The van der Waals surface area contributed by atoms with Gasteiger partial charge in [-0.3, -0.25) is 4.55 Å². The number of rotatable bonds is 5. The molecule has 0 unspecified atom stereocenters. The van der Waals surface area contributed by atoms with Crippen molar-refractivity contribution in [1.29, 1.82) is 0 Å². The fourth-order valence-electron chi connectivity index (χ4n) is 2.88. The third-order valence-corrected chi connectivity index (χ3v) is 5.22. The van der Waals surface area contributed by atoms with E-state index < -0.39 is 21.3 Å². The summed E-state index contributed by atoms with van der Waals surface area (Å²) in [6.07, 6.45) is 3.09. The van der Waals surface area contributed by atoms with E-state index in [2.05, 4.69) is 16.9 Å². The van der Waals surface area contributed by atoms with Crippen molar-refractivity contribution in [3.8, 4) is 0 Å². The first-order valence-corrected chi connectivity index (χ1v) is 9.14. The van der Waals surface area contributed by atoms with Gasteiger partial charge in [0, 0.05) is 0 Å². The van der Waals surface area contributed by atoms with Crippen LogP contribution in [0.4, 0.5) is 8.78 Å². The first-order valence-electron chi connectivity index (χ1n) is 7.70. The van der Waals surface area contributed by atoms with Gasteiger partial charge >= 0.3 is 21.3 Å². The Morgan fingerprint density at radius 2 is 1.75 bits per heavy atom. The minimum atomic E-state index is -5.81. The third-order valence-electron chi connectivity index (χ3n) is 4.41. The van der Waals surface area contributed by atoms with Crippen molar-refractivity contribution in [3.05, 3.63) is 35.4 Å². The van der Waals surface area contributed by atoms with Crippen LogP contribution in [0.5, 0.6) is 0 Å². The number of benzene rings is 1. The zero-order valence-electron chi connectivity index (χ0n) is 13.2. The van der Waals surface area contributed by atoms with Crippen molar-refractivity contribution in [1.82, 2.24) is 0 Å². The topological polar surface area (TPSA) is 80.7 Å². The molecule has 0 amide bonds. The van der Waals surface area contributed by atoms with Crippen LogP contribution in [-0.2, 0) is 19.6 Å². The van der Waals surface area contributed by atoms with Gasteiger partial charge < -0.3 is 4.74 Å². The lowest BCUT2D eigenvalue weighted by molar-refractivity contribution is -0.163. The smallest absolute Gasteiger partial charge is 0.460 e. The summed E-state index contributed by atoms with van der Waals surface area (Å²) in [6, 6.07) is 8.24. The van der Waals surface area contributed by atoms with E-state index in [0.717, 1.165) is 12.8 Å². The van der Waals surface area contributed by atoms with Gasteiger partial charge in [0.15, 0.2) is 0 Å². The van der Waals surface area contributed by atoms with Gasteiger partial charge in [-0.25, -0.2) is 4.79 Å². The van der Waals surface area contributed by atoms with Gasteiger partial charge in [-0.05, 0) is 50.0 Å². The van der Waals surface area contributed by atoms with Crippen molar-refractivity contribution < 1.29 is 31.3 Å². The minimum Gasteiger partial charge on any atom is -0.460 e. The maximum absolute atomic E-state index is 13.1. The Morgan fingerprint density at radius 1 is 1.21 bits per heavy atom.